The summed E-state index contributed by atoms with van der Waals surface area (Å²) in [6.45, 7) is 0. The van der Waals surface area contributed by atoms with Crippen molar-refractivity contribution < 1.29 is 14.7 Å². The largest absolute Gasteiger partial charge is 0.479 e. The zero-order chi connectivity index (χ0) is 13.9. The van der Waals surface area contributed by atoms with Gasteiger partial charge in [-0.3, -0.25) is 4.79 Å². The van der Waals surface area contributed by atoms with Crippen LogP contribution in [0.4, 0.5) is 0 Å². The molecule has 0 spiro atoms. The topological polar surface area (TPSA) is 66.4 Å². The average Bonchev–Trinajstić information content (AvgIpc) is 2.82. The van der Waals surface area contributed by atoms with E-state index in [0.29, 0.717) is 22.8 Å². The standard InChI is InChI=1S/C13H14ClNO3S/c14-10-4-2-1-3-9(10)7-11(16)15-13(12(17)18)5-6-19-8-13/h1-4H,5-8H2,(H,15,16)(H,17,18). The number of nitrogens with one attached hydrogen (secondary N) is 1. The van der Waals surface area contributed by atoms with Crippen LogP contribution in [0.15, 0.2) is 24.3 Å². The molecular weight excluding hydrogens is 286 g/mol. The second-order valence-electron chi connectivity index (χ2n) is 4.51. The van der Waals surface area contributed by atoms with Crippen molar-refractivity contribution in [3.05, 3.63) is 34.9 Å². The fraction of sp³-hybridized carbons (Fsp3) is 0.385. The highest BCUT2D eigenvalue weighted by atomic mass is 35.5. The van der Waals surface area contributed by atoms with Crippen LogP contribution in [0.3, 0.4) is 0 Å². The van der Waals surface area contributed by atoms with E-state index in [2.05, 4.69) is 5.32 Å². The Kier molecular flexibility index (Phi) is 4.37. The van der Waals surface area contributed by atoms with Crippen molar-refractivity contribution in [3.63, 3.8) is 0 Å². The number of carbonyl (C=O) groups excluding carboxylic acids is 1. The molecule has 1 unspecified atom stereocenters. The molecule has 0 radical (unpaired) electrons. The van der Waals surface area contributed by atoms with Gasteiger partial charge in [-0.2, -0.15) is 11.8 Å². The van der Waals surface area contributed by atoms with Crippen LogP contribution in [0.5, 0.6) is 0 Å². The Hall–Kier alpha value is -1.20. The Balaban J connectivity index is 2.05. The van der Waals surface area contributed by atoms with Crippen LogP contribution in [-0.2, 0) is 16.0 Å². The number of carboxylic acid groups (broad SMARTS) is 1. The van der Waals surface area contributed by atoms with E-state index >= 15 is 0 Å². The number of halogens is 1. The SMILES string of the molecule is O=C(Cc1ccccc1Cl)NC1(C(=O)O)CCSC1. The molecule has 6 heteroatoms. The highest BCUT2D eigenvalue weighted by Crippen LogP contribution is 2.28. The first-order chi connectivity index (χ1) is 9.03. The van der Waals surface area contributed by atoms with E-state index in [0.717, 1.165) is 5.75 Å². The summed E-state index contributed by atoms with van der Waals surface area (Å²) in [5, 5.41) is 12.4. The molecule has 0 aromatic heterocycles. The number of rotatable bonds is 4. The van der Waals surface area contributed by atoms with E-state index < -0.39 is 11.5 Å². The summed E-state index contributed by atoms with van der Waals surface area (Å²) in [5.41, 5.74) is -0.420. The van der Waals surface area contributed by atoms with Crippen LogP contribution in [0.2, 0.25) is 5.02 Å². The predicted molar refractivity (Wildman–Crippen MR) is 75.6 cm³/mol. The number of hydrogen-bond donors (Lipinski definition) is 2. The predicted octanol–water partition coefficient (Wildman–Crippen LogP) is 1.96. The van der Waals surface area contributed by atoms with Crippen molar-refractivity contribution >= 4 is 35.2 Å². The van der Waals surface area contributed by atoms with Crippen molar-refractivity contribution in [1.82, 2.24) is 5.32 Å². The van der Waals surface area contributed by atoms with E-state index in [1.807, 2.05) is 0 Å². The Labute approximate surface area is 120 Å². The van der Waals surface area contributed by atoms with Gasteiger partial charge >= 0.3 is 5.97 Å². The Morgan fingerprint density at radius 2 is 2.16 bits per heavy atom. The van der Waals surface area contributed by atoms with Gasteiger partial charge in [0, 0.05) is 10.8 Å². The maximum absolute atomic E-state index is 12.0. The van der Waals surface area contributed by atoms with Gasteiger partial charge in [0.05, 0.1) is 6.42 Å². The molecule has 1 aliphatic rings. The first kappa shape index (κ1) is 14.2. The molecule has 2 N–H and O–H groups in total. The van der Waals surface area contributed by atoms with Gasteiger partial charge in [0.2, 0.25) is 5.91 Å². The second-order valence-corrected chi connectivity index (χ2v) is 6.02. The minimum Gasteiger partial charge on any atom is -0.479 e. The Bertz CT molecular complexity index is 500. The molecule has 1 fully saturated rings. The van der Waals surface area contributed by atoms with E-state index in [-0.39, 0.29) is 12.3 Å². The third kappa shape index (κ3) is 3.22. The molecule has 1 atom stereocenters. The third-order valence-electron chi connectivity index (χ3n) is 3.12. The molecule has 1 saturated heterocycles. The number of benzene rings is 1. The van der Waals surface area contributed by atoms with E-state index in [9.17, 15) is 14.7 Å². The molecule has 1 aliphatic heterocycles. The summed E-state index contributed by atoms with van der Waals surface area (Å²) < 4.78 is 0. The van der Waals surface area contributed by atoms with Crippen molar-refractivity contribution in [2.45, 2.75) is 18.4 Å². The van der Waals surface area contributed by atoms with Crippen molar-refractivity contribution in [3.8, 4) is 0 Å². The monoisotopic (exact) mass is 299 g/mol. The summed E-state index contributed by atoms with van der Waals surface area (Å²) in [6, 6.07) is 7.06. The van der Waals surface area contributed by atoms with Gasteiger partial charge < -0.3 is 10.4 Å². The molecule has 1 aromatic carbocycles. The molecule has 1 amide bonds. The first-order valence-electron chi connectivity index (χ1n) is 5.89. The first-order valence-corrected chi connectivity index (χ1v) is 7.42. The summed E-state index contributed by atoms with van der Waals surface area (Å²) in [5.74, 6) is -0.113. The van der Waals surface area contributed by atoms with E-state index in [4.69, 9.17) is 11.6 Å². The van der Waals surface area contributed by atoms with Gasteiger partial charge in [-0.15, -0.1) is 0 Å². The fourth-order valence-corrected chi connectivity index (χ4v) is 3.54. The van der Waals surface area contributed by atoms with E-state index in [1.165, 1.54) is 11.8 Å². The smallest absolute Gasteiger partial charge is 0.330 e. The van der Waals surface area contributed by atoms with Gasteiger partial charge in [-0.05, 0) is 23.8 Å². The molecule has 0 aliphatic carbocycles. The molecule has 2 rings (SSSR count). The van der Waals surface area contributed by atoms with E-state index in [1.54, 1.807) is 24.3 Å². The number of amides is 1. The molecule has 102 valence electrons. The Morgan fingerprint density at radius 3 is 2.74 bits per heavy atom. The van der Waals surface area contributed by atoms with Crippen LogP contribution in [-0.4, -0.2) is 34.0 Å². The third-order valence-corrected chi connectivity index (χ3v) is 4.68. The number of thioether (sulfide) groups is 1. The molecule has 0 saturated carbocycles. The molecule has 1 heterocycles. The van der Waals surface area contributed by atoms with Gasteiger partial charge in [0.15, 0.2) is 0 Å². The lowest BCUT2D eigenvalue weighted by Gasteiger charge is -2.24. The number of carbonyl (C=O) groups is 2. The van der Waals surface area contributed by atoms with Crippen molar-refractivity contribution in [2.24, 2.45) is 0 Å². The zero-order valence-electron chi connectivity index (χ0n) is 10.2. The van der Waals surface area contributed by atoms with Crippen LogP contribution in [0.25, 0.3) is 0 Å². The van der Waals surface area contributed by atoms with Crippen LogP contribution in [0.1, 0.15) is 12.0 Å². The number of hydrogen-bond acceptors (Lipinski definition) is 3. The molecular formula is C13H14ClNO3S. The minimum atomic E-state index is -1.12. The highest BCUT2D eigenvalue weighted by Gasteiger charge is 2.43. The summed E-state index contributed by atoms with van der Waals surface area (Å²) >= 11 is 7.52. The maximum Gasteiger partial charge on any atom is 0.330 e. The molecule has 4 nitrogen and oxygen atoms in total. The van der Waals surface area contributed by atoms with Gasteiger partial charge in [0.1, 0.15) is 5.54 Å². The Morgan fingerprint density at radius 1 is 1.42 bits per heavy atom. The highest BCUT2D eigenvalue weighted by molar-refractivity contribution is 7.99. The average molecular weight is 300 g/mol. The maximum atomic E-state index is 12.0. The van der Waals surface area contributed by atoms with Crippen molar-refractivity contribution in [1.29, 1.82) is 0 Å². The molecule has 19 heavy (non-hydrogen) atoms. The lowest BCUT2D eigenvalue weighted by atomic mass is 9.98. The van der Waals surface area contributed by atoms with Crippen LogP contribution >= 0.6 is 23.4 Å². The van der Waals surface area contributed by atoms with Crippen LogP contribution < -0.4 is 5.32 Å². The van der Waals surface area contributed by atoms with Gasteiger partial charge in [-0.1, -0.05) is 29.8 Å². The zero-order valence-corrected chi connectivity index (χ0v) is 11.8. The molecule has 0 bridgehead atoms. The molecule has 1 aromatic rings. The summed E-state index contributed by atoms with van der Waals surface area (Å²) in [6.07, 6.45) is 0.556. The second kappa shape index (κ2) is 5.84. The number of aliphatic carboxylic acids is 1. The fourth-order valence-electron chi connectivity index (χ4n) is 2.01. The van der Waals surface area contributed by atoms with Gasteiger partial charge in [0.25, 0.3) is 0 Å². The van der Waals surface area contributed by atoms with Crippen LogP contribution in [0, 0.1) is 0 Å². The normalized spacial score (nSPS) is 22.2. The summed E-state index contributed by atoms with van der Waals surface area (Å²) in [7, 11) is 0. The van der Waals surface area contributed by atoms with Crippen molar-refractivity contribution in [2.75, 3.05) is 11.5 Å². The number of carboxylic acids is 1. The summed E-state index contributed by atoms with van der Waals surface area (Å²) in [4.78, 5) is 23.3. The van der Waals surface area contributed by atoms with Gasteiger partial charge in [-0.25, -0.2) is 4.79 Å². The quantitative estimate of drug-likeness (QED) is 0.892. The lowest BCUT2D eigenvalue weighted by Crippen LogP contribution is -2.55. The minimum absolute atomic E-state index is 0.0966. The lowest BCUT2D eigenvalue weighted by molar-refractivity contribution is -0.146.